The summed E-state index contributed by atoms with van der Waals surface area (Å²) >= 11 is 1.86. The fourth-order valence-electron chi connectivity index (χ4n) is 1.23. The number of hydrazine groups is 1. The Morgan fingerprint density at radius 1 is 1.33 bits per heavy atom. The zero-order valence-electron chi connectivity index (χ0n) is 8.31. The van der Waals surface area contributed by atoms with Crippen molar-refractivity contribution < 1.29 is 0 Å². The van der Waals surface area contributed by atoms with Gasteiger partial charge < -0.3 is 0 Å². The first kappa shape index (κ1) is 12.3. The van der Waals surface area contributed by atoms with E-state index in [-0.39, 0.29) is 0 Å². The standard InChI is InChI=1S/C9H22N2S/c1-3-4-5-6-7-9(11-10)8-12-2/h9,11H,3-8,10H2,1-2H3. The lowest BCUT2D eigenvalue weighted by Crippen LogP contribution is -2.36. The van der Waals surface area contributed by atoms with Crippen molar-refractivity contribution >= 4 is 11.8 Å². The molecule has 0 aromatic rings. The molecular weight excluding hydrogens is 168 g/mol. The summed E-state index contributed by atoms with van der Waals surface area (Å²) in [5.41, 5.74) is 2.86. The molecule has 0 aliphatic heterocycles. The average Bonchev–Trinajstić information content (AvgIpc) is 2.10. The van der Waals surface area contributed by atoms with Gasteiger partial charge in [0.1, 0.15) is 0 Å². The van der Waals surface area contributed by atoms with Crippen LogP contribution in [-0.2, 0) is 0 Å². The smallest absolute Gasteiger partial charge is 0.0301 e. The topological polar surface area (TPSA) is 38.0 Å². The van der Waals surface area contributed by atoms with E-state index in [0.717, 1.165) is 5.75 Å². The summed E-state index contributed by atoms with van der Waals surface area (Å²) in [4.78, 5) is 0. The van der Waals surface area contributed by atoms with Crippen LogP contribution in [0.5, 0.6) is 0 Å². The van der Waals surface area contributed by atoms with Gasteiger partial charge in [0.15, 0.2) is 0 Å². The van der Waals surface area contributed by atoms with E-state index in [1.165, 1.54) is 32.1 Å². The number of hydrogen-bond acceptors (Lipinski definition) is 3. The van der Waals surface area contributed by atoms with Crippen molar-refractivity contribution in [3.63, 3.8) is 0 Å². The molecule has 0 radical (unpaired) electrons. The molecule has 12 heavy (non-hydrogen) atoms. The van der Waals surface area contributed by atoms with Crippen molar-refractivity contribution in [2.75, 3.05) is 12.0 Å². The molecule has 2 nitrogen and oxygen atoms in total. The summed E-state index contributed by atoms with van der Waals surface area (Å²) in [6.45, 7) is 2.24. The van der Waals surface area contributed by atoms with Crippen molar-refractivity contribution in [2.24, 2.45) is 5.84 Å². The average molecular weight is 190 g/mol. The fraction of sp³-hybridized carbons (Fsp3) is 1.00. The number of hydrogen-bond donors (Lipinski definition) is 2. The normalized spacial score (nSPS) is 13.2. The first-order valence-corrected chi connectivity index (χ1v) is 6.19. The minimum absolute atomic E-state index is 0.511. The molecule has 0 rings (SSSR count). The molecule has 0 heterocycles. The summed E-state index contributed by atoms with van der Waals surface area (Å²) < 4.78 is 0. The van der Waals surface area contributed by atoms with Crippen LogP contribution < -0.4 is 11.3 Å². The Morgan fingerprint density at radius 2 is 2.08 bits per heavy atom. The number of nitrogens with two attached hydrogens (primary N) is 1. The first-order valence-electron chi connectivity index (χ1n) is 4.80. The Hall–Kier alpha value is 0.270. The molecule has 0 spiro atoms. The van der Waals surface area contributed by atoms with Crippen LogP contribution in [0.2, 0.25) is 0 Å². The molecule has 0 amide bonds. The van der Waals surface area contributed by atoms with Crippen LogP contribution in [0.4, 0.5) is 0 Å². The van der Waals surface area contributed by atoms with Gasteiger partial charge in [0.05, 0.1) is 0 Å². The molecule has 0 aliphatic rings. The molecule has 1 unspecified atom stereocenters. The summed E-state index contributed by atoms with van der Waals surface area (Å²) in [6, 6.07) is 0.511. The van der Waals surface area contributed by atoms with Crippen LogP contribution in [0.1, 0.15) is 39.0 Å². The molecule has 0 aliphatic carbocycles. The molecule has 3 N–H and O–H groups in total. The lowest BCUT2D eigenvalue weighted by atomic mass is 10.1. The Morgan fingerprint density at radius 3 is 2.58 bits per heavy atom. The molecule has 74 valence electrons. The molecule has 0 saturated carbocycles. The quantitative estimate of drug-likeness (QED) is 0.350. The third-order valence-electron chi connectivity index (χ3n) is 2.01. The van der Waals surface area contributed by atoms with E-state index in [0.29, 0.717) is 6.04 Å². The Kier molecular flexibility index (Phi) is 9.57. The van der Waals surface area contributed by atoms with Gasteiger partial charge in [0, 0.05) is 11.8 Å². The highest BCUT2D eigenvalue weighted by Gasteiger charge is 2.03. The maximum absolute atomic E-state index is 5.41. The highest BCUT2D eigenvalue weighted by Crippen LogP contribution is 2.08. The van der Waals surface area contributed by atoms with Gasteiger partial charge >= 0.3 is 0 Å². The highest BCUT2D eigenvalue weighted by molar-refractivity contribution is 7.98. The van der Waals surface area contributed by atoms with Gasteiger partial charge in [-0.3, -0.25) is 11.3 Å². The second kappa shape index (κ2) is 9.36. The number of thioether (sulfide) groups is 1. The molecule has 0 saturated heterocycles. The molecule has 0 aromatic carbocycles. The Balaban J connectivity index is 3.19. The Bertz CT molecular complexity index is 88.6. The molecular formula is C9H22N2S. The lowest BCUT2D eigenvalue weighted by molar-refractivity contribution is 0.501. The van der Waals surface area contributed by atoms with Crippen LogP contribution in [0, 0.1) is 0 Å². The zero-order chi connectivity index (χ0) is 9.23. The summed E-state index contributed by atoms with van der Waals surface area (Å²) in [7, 11) is 0. The lowest BCUT2D eigenvalue weighted by Gasteiger charge is -2.13. The van der Waals surface area contributed by atoms with E-state index in [1.807, 2.05) is 11.8 Å². The van der Waals surface area contributed by atoms with Crippen LogP contribution >= 0.6 is 11.8 Å². The van der Waals surface area contributed by atoms with E-state index in [4.69, 9.17) is 5.84 Å². The van der Waals surface area contributed by atoms with E-state index < -0.39 is 0 Å². The van der Waals surface area contributed by atoms with Gasteiger partial charge in [-0.2, -0.15) is 11.8 Å². The summed E-state index contributed by atoms with van der Waals surface area (Å²) in [6.07, 6.45) is 8.67. The van der Waals surface area contributed by atoms with Gasteiger partial charge in [-0.05, 0) is 12.7 Å². The van der Waals surface area contributed by atoms with Crippen LogP contribution in [0.15, 0.2) is 0 Å². The van der Waals surface area contributed by atoms with Gasteiger partial charge in [-0.25, -0.2) is 0 Å². The molecule has 0 fully saturated rings. The predicted molar refractivity (Wildman–Crippen MR) is 58.3 cm³/mol. The number of rotatable bonds is 8. The van der Waals surface area contributed by atoms with E-state index in [1.54, 1.807) is 0 Å². The monoisotopic (exact) mass is 190 g/mol. The number of nitrogens with one attached hydrogen (secondary N) is 1. The third-order valence-corrected chi connectivity index (χ3v) is 2.75. The first-order chi connectivity index (χ1) is 5.85. The third kappa shape index (κ3) is 6.95. The SMILES string of the molecule is CCCCCCC(CSC)NN. The molecule has 0 aromatic heterocycles. The van der Waals surface area contributed by atoms with Crippen molar-refractivity contribution in [3.8, 4) is 0 Å². The van der Waals surface area contributed by atoms with Crippen LogP contribution in [-0.4, -0.2) is 18.1 Å². The largest absolute Gasteiger partial charge is 0.271 e. The van der Waals surface area contributed by atoms with Crippen molar-refractivity contribution in [3.05, 3.63) is 0 Å². The van der Waals surface area contributed by atoms with Crippen LogP contribution in [0.3, 0.4) is 0 Å². The molecule has 1 atom stereocenters. The minimum Gasteiger partial charge on any atom is -0.271 e. The van der Waals surface area contributed by atoms with Crippen molar-refractivity contribution in [1.82, 2.24) is 5.43 Å². The second-order valence-corrected chi connectivity index (χ2v) is 4.08. The van der Waals surface area contributed by atoms with Crippen molar-refractivity contribution in [1.29, 1.82) is 0 Å². The highest BCUT2D eigenvalue weighted by atomic mass is 32.2. The zero-order valence-corrected chi connectivity index (χ0v) is 9.12. The minimum atomic E-state index is 0.511. The van der Waals surface area contributed by atoms with E-state index in [2.05, 4.69) is 18.6 Å². The molecule has 0 bridgehead atoms. The van der Waals surface area contributed by atoms with E-state index >= 15 is 0 Å². The predicted octanol–water partition coefficient (Wildman–Crippen LogP) is 2.15. The van der Waals surface area contributed by atoms with E-state index in [9.17, 15) is 0 Å². The maximum atomic E-state index is 5.41. The second-order valence-electron chi connectivity index (χ2n) is 3.17. The molecule has 3 heteroatoms. The van der Waals surface area contributed by atoms with Crippen LogP contribution in [0.25, 0.3) is 0 Å². The number of unbranched alkanes of at least 4 members (excludes halogenated alkanes) is 3. The van der Waals surface area contributed by atoms with Gasteiger partial charge in [0.25, 0.3) is 0 Å². The fourth-order valence-corrected chi connectivity index (χ4v) is 1.90. The van der Waals surface area contributed by atoms with Gasteiger partial charge in [0.2, 0.25) is 0 Å². The maximum Gasteiger partial charge on any atom is 0.0301 e. The van der Waals surface area contributed by atoms with Gasteiger partial charge in [-0.15, -0.1) is 0 Å². The Labute approximate surface area is 80.6 Å². The summed E-state index contributed by atoms with van der Waals surface area (Å²) in [5, 5.41) is 0. The van der Waals surface area contributed by atoms with Gasteiger partial charge in [-0.1, -0.05) is 32.6 Å². The van der Waals surface area contributed by atoms with Crippen molar-refractivity contribution in [2.45, 2.75) is 45.1 Å². The summed E-state index contributed by atoms with van der Waals surface area (Å²) in [5.74, 6) is 6.54.